The van der Waals surface area contributed by atoms with Crippen LogP contribution < -0.4 is 9.62 Å². The zero-order valence-electron chi connectivity index (χ0n) is 13.4. The van der Waals surface area contributed by atoms with E-state index < -0.39 is 10.0 Å². The van der Waals surface area contributed by atoms with Gasteiger partial charge in [0.2, 0.25) is 10.0 Å². The first-order valence-electron chi connectivity index (χ1n) is 7.71. The Kier molecular flexibility index (Phi) is 4.94. The number of sulfonamides is 1. The molecular formula is C16H26N2O2S. The van der Waals surface area contributed by atoms with Gasteiger partial charge in [-0.3, -0.25) is 4.31 Å². The summed E-state index contributed by atoms with van der Waals surface area (Å²) in [7, 11) is -3.19. The van der Waals surface area contributed by atoms with E-state index in [0.717, 1.165) is 37.1 Å². The van der Waals surface area contributed by atoms with E-state index in [9.17, 15) is 8.42 Å². The van der Waals surface area contributed by atoms with Gasteiger partial charge in [0.25, 0.3) is 0 Å². The lowest BCUT2D eigenvalue weighted by atomic mass is 10.0. The van der Waals surface area contributed by atoms with Gasteiger partial charge < -0.3 is 5.32 Å². The largest absolute Gasteiger partial charge is 0.314 e. The molecule has 0 aliphatic carbocycles. The number of nitrogens with zero attached hydrogens (tertiary/aromatic N) is 1. The zero-order chi connectivity index (χ0) is 15.6. The fraction of sp³-hybridized carbons (Fsp3) is 0.625. The molecular weight excluding hydrogens is 284 g/mol. The van der Waals surface area contributed by atoms with E-state index in [1.807, 2.05) is 13.0 Å². The van der Waals surface area contributed by atoms with Crippen molar-refractivity contribution in [1.29, 1.82) is 0 Å². The van der Waals surface area contributed by atoms with Gasteiger partial charge in [-0.15, -0.1) is 0 Å². The molecule has 0 radical (unpaired) electrons. The molecule has 1 aliphatic rings. The number of rotatable bonds is 6. The fourth-order valence-electron chi connectivity index (χ4n) is 3.22. The number of nitrogens with one attached hydrogen (secondary N) is 1. The van der Waals surface area contributed by atoms with E-state index in [2.05, 4.69) is 31.3 Å². The Labute approximate surface area is 128 Å². The Bertz CT molecular complexity index is 598. The summed E-state index contributed by atoms with van der Waals surface area (Å²) in [6.07, 6.45) is 4.17. The van der Waals surface area contributed by atoms with Crippen LogP contribution in [0.5, 0.6) is 0 Å². The highest BCUT2D eigenvalue weighted by Gasteiger charge is 2.32. The van der Waals surface area contributed by atoms with Gasteiger partial charge in [0.1, 0.15) is 0 Å². The minimum atomic E-state index is -3.19. The predicted octanol–water partition coefficient (Wildman–Crippen LogP) is 2.33. The Morgan fingerprint density at radius 3 is 2.67 bits per heavy atom. The molecule has 21 heavy (non-hydrogen) atoms. The molecule has 2 atom stereocenters. The second-order valence-electron chi connectivity index (χ2n) is 5.94. The maximum Gasteiger partial charge on any atom is 0.232 e. The third kappa shape index (κ3) is 3.58. The third-order valence-corrected chi connectivity index (χ3v) is 5.39. The Balaban J connectivity index is 2.24. The summed E-state index contributed by atoms with van der Waals surface area (Å²) in [5, 5.41) is 3.48. The van der Waals surface area contributed by atoms with Gasteiger partial charge in [0.05, 0.1) is 11.9 Å². The molecule has 2 rings (SSSR count). The predicted molar refractivity (Wildman–Crippen MR) is 88.4 cm³/mol. The van der Waals surface area contributed by atoms with Crippen LogP contribution in [-0.2, 0) is 22.9 Å². The lowest BCUT2D eigenvalue weighted by molar-refractivity contribution is 0.510. The van der Waals surface area contributed by atoms with Crippen molar-refractivity contribution in [3.8, 4) is 0 Å². The summed E-state index contributed by atoms with van der Waals surface area (Å²) >= 11 is 0. The topological polar surface area (TPSA) is 49.4 Å². The first kappa shape index (κ1) is 16.3. The molecule has 1 aromatic carbocycles. The SMILES string of the molecule is CCNC(CC)Cc1ccc2c(c1)CC(C)N2S(C)(=O)=O. The monoisotopic (exact) mass is 310 g/mol. The lowest BCUT2D eigenvalue weighted by Gasteiger charge is -2.22. The van der Waals surface area contributed by atoms with Crippen molar-refractivity contribution < 1.29 is 8.42 Å². The molecule has 2 unspecified atom stereocenters. The summed E-state index contributed by atoms with van der Waals surface area (Å²) < 4.78 is 25.4. The van der Waals surface area contributed by atoms with Crippen molar-refractivity contribution >= 4 is 15.7 Å². The van der Waals surface area contributed by atoms with Gasteiger partial charge in [-0.2, -0.15) is 0 Å². The lowest BCUT2D eigenvalue weighted by Crippen LogP contribution is -2.34. The molecule has 1 heterocycles. The summed E-state index contributed by atoms with van der Waals surface area (Å²) in [6.45, 7) is 7.25. The number of benzene rings is 1. The Morgan fingerprint density at radius 2 is 2.10 bits per heavy atom. The average Bonchev–Trinajstić information content (AvgIpc) is 2.73. The van der Waals surface area contributed by atoms with E-state index in [1.165, 1.54) is 11.8 Å². The molecule has 1 N–H and O–H groups in total. The van der Waals surface area contributed by atoms with Crippen molar-refractivity contribution in [2.45, 2.75) is 52.1 Å². The van der Waals surface area contributed by atoms with Crippen molar-refractivity contribution in [3.63, 3.8) is 0 Å². The van der Waals surface area contributed by atoms with Crippen LogP contribution in [0.2, 0.25) is 0 Å². The van der Waals surface area contributed by atoms with Crippen LogP contribution in [0.1, 0.15) is 38.3 Å². The highest BCUT2D eigenvalue weighted by Crippen LogP contribution is 2.34. The second kappa shape index (κ2) is 6.36. The normalized spacial score (nSPS) is 19.6. The molecule has 1 aromatic rings. The van der Waals surface area contributed by atoms with Crippen LogP contribution in [0.4, 0.5) is 5.69 Å². The van der Waals surface area contributed by atoms with E-state index in [4.69, 9.17) is 0 Å². The van der Waals surface area contributed by atoms with Crippen molar-refractivity contribution in [3.05, 3.63) is 29.3 Å². The molecule has 0 spiro atoms. The summed E-state index contributed by atoms with van der Waals surface area (Å²) in [4.78, 5) is 0. The second-order valence-corrected chi connectivity index (χ2v) is 7.80. The summed E-state index contributed by atoms with van der Waals surface area (Å²) in [6, 6.07) is 6.71. The quantitative estimate of drug-likeness (QED) is 0.877. The van der Waals surface area contributed by atoms with Crippen LogP contribution in [-0.4, -0.2) is 33.3 Å². The Hall–Kier alpha value is -1.07. The number of anilines is 1. The molecule has 0 saturated carbocycles. The Morgan fingerprint density at radius 1 is 1.38 bits per heavy atom. The zero-order valence-corrected chi connectivity index (χ0v) is 14.2. The van der Waals surface area contributed by atoms with Gasteiger partial charge in [-0.1, -0.05) is 26.0 Å². The molecule has 0 amide bonds. The number of fused-ring (bicyclic) bond motifs is 1. The minimum absolute atomic E-state index is 0.0148. The first-order valence-corrected chi connectivity index (χ1v) is 9.56. The van der Waals surface area contributed by atoms with E-state index >= 15 is 0 Å². The molecule has 0 aromatic heterocycles. The molecule has 5 heteroatoms. The van der Waals surface area contributed by atoms with Crippen LogP contribution in [0.3, 0.4) is 0 Å². The van der Waals surface area contributed by atoms with Gasteiger partial charge in [-0.05, 0) is 49.9 Å². The molecule has 118 valence electrons. The molecule has 0 bridgehead atoms. The highest BCUT2D eigenvalue weighted by molar-refractivity contribution is 7.92. The number of hydrogen-bond donors (Lipinski definition) is 1. The smallest absolute Gasteiger partial charge is 0.232 e. The maximum absolute atomic E-state index is 11.9. The number of likely N-dealkylation sites (N-methyl/N-ethyl adjacent to an activating group) is 1. The third-order valence-electron chi connectivity index (χ3n) is 4.12. The summed E-state index contributed by atoms with van der Waals surface area (Å²) in [5.74, 6) is 0. The van der Waals surface area contributed by atoms with E-state index in [0.29, 0.717) is 6.04 Å². The molecule has 0 fully saturated rings. The average molecular weight is 310 g/mol. The van der Waals surface area contributed by atoms with Crippen LogP contribution in [0.25, 0.3) is 0 Å². The van der Waals surface area contributed by atoms with Gasteiger partial charge in [0, 0.05) is 12.1 Å². The molecule has 1 aliphatic heterocycles. The maximum atomic E-state index is 11.9. The van der Waals surface area contributed by atoms with Gasteiger partial charge >= 0.3 is 0 Å². The van der Waals surface area contributed by atoms with Crippen molar-refractivity contribution in [2.75, 3.05) is 17.1 Å². The first-order chi connectivity index (χ1) is 9.86. The summed E-state index contributed by atoms with van der Waals surface area (Å²) in [5.41, 5.74) is 3.28. The van der Waals surface area contributed by atoms with Crippen LogP contribution in [0.15, 0.2) is 18.2 Å². The molecule has 4 nitrogen and oxygen atoms in total. The van der Waals surface area contributed by atoms with Gasteiger partial charge in [-0.25, -0.2) is 8.42 Å². The van der Waals surface area contributed by atoms with Crippen LogP contribution in [0, 0.1) is 0 Å². The number of hydrogen-bond acceptors (Lipinski definition) is 3. The standard InChI is InChI=1S/C16H26N2O2S/c1-5-15(17-6-2)11-13-7-8-16-14(10-13)9-12(3)18(16)21(4,19)20/h7-8,10,12,15,17H,5-6,9,11H2,1-4H3. The van der Waals surface area contributed by atoms with Crippen LogP contribution >= 0.6 is 0 Å². The van der Waals surface area contributed by atoms with Gasteiger partial charge in [0.15, 0.2) is 0 Å². The van der Waals surface area contributed by atoms with E-state index in [-0.39, 0.29) is 6.04 Å². The minimum Gasteiger partial charge on any atom is -0.314 e. The van der Waals surface area contributed by atoms with Crippen molar-refractivity contribution in [2.24, 2.45) is 0 Å². The van der Waals surface area contributed by atoms with Crippen molar-refractivity contribution in [1.82, 2.24) is 5.32 Å². The van der Waals surface area contributed by atoms with E-state index in [1.54, 1.807) is 4.31 Å². The highest BCUT2D eigenvalue weighted by atomic mass is 32.2. The fourth-order valence-corrected chi connectivity index (χ4v) is 4.49. The molecule has 0 saturated heterocycles.